The molecule has 2 atom stereocenters. The summed E-state index contributed by atoms with van der Waals surface area (Å²) in [7, 11) is 0. The van der Waals surface area contributed by atoms with Crippen LogP contribution in [0.15, 0.2) is 30.3 Å². The Morgan fingerprint density at radius 3 is 2.56 bits per heavy atom. The number of carbonyl (C=O) groups is 1. The normalized spacial score (nSPS) is 21.7. The van der Waals surface area contributed by atoms with E-state index in [2.05, 4.69) is 29.6 Å². The molecule has 1 amide bonds. The Morgan fingerprint density at radius 2 is 1.94 bits per heavy atom. The molecule has 0 heterocycles. The zero-order chi connectivity index (χ0) is 13.0. The summed E-state index contributed by atoms with van der Waals surface area (Å²) >= 11 is 0. The lowest BCUT2D eigenvalue weighted by atomic mass is 10.1. The number of nitrogens with one attached hydrogen (secondary N) is 1. The highest BCUT2D eigenvalue weighted by molar-refractivity contribution is 5.78. The molecule has 3 nitrogen and oxygen atoms in total. The summed E-state index contributed by atoms with van der Waals surface area (Å²) in [6, 6.07) is 11.0. The van der Waals surface area contributed by atoms with E-state index in [0.717, 1.165) is 19.5 Å². The van der Waals surface area contributed by atoms with Crippen molar-refractivity contribution < 1.29 is 4.79 Å². The average Bonchev–Trinajstić information content (AvgIpc) is 3.18. The van der Waals surface area contributed by atoms with E-state index in [-0.39, 0.29) is 5.91 Å². The summed E-state index contributed by atoms with van der Waals surface area (Å²) in [4.78, 5) is 13.7. The van der Waals surface area contributed by atoms with Crippen LogP contribution >= 0.6 is 0 Å². The number of hydrogen-bond acceptors (Lipinski definition) is 2. The first-order valence-electron chi connectivity index (χ1n) is 6.82. The lowest BCUT2D eigenvalue weighted by Gasteiger charge is -2.18. The molecule has 1 saturated carbocycles. The topological polar surface area (TPSA) is 32.3 Å². The zero-order valence-corrected chi connectivity index (χ0v) is 11.2. The molecule has 0 saturated heterocycles. The first kappa shape index (κ1) is 13.1. The third-order valence-electron chi connectivity index (χ3n) is 3.65. The molecule has 1 N–H and O–H groups in total. The molecule has 98 valence electrons. The van der Waals surface area contributed by atoms with E-state index < -0.39 is 0 Å². The highest BCUT2D eigenvalue weighted by Gasteiger charge is 2.38. The quantitative estimate of drug-likeness (QED) is 0.832. The maximum absolute atomic E-state index is 11.8. The van der Waals surface area contributed by atoms with Crippen LogP contribution in [0.4, 0.5) is 0 Å². The van der Waals surface area contributed by atoms with Crippen LogP contribution in [0.25, 0.3) is 0 Å². The number of amides is 1. The lowest BCUT2D eigenvalue weighted by molar-refractivity contribution is -0.129. The third kappa shape index (κ3) is 3.10. The fraction of sp³-hybridized carbons (Fsp3) is 0.533. The number of likely N-dealkylation sites (N-methyl/N-ethyl adjacent to an activating group) is 1. The standard InChI is InChI=1S/C15H22N2O/c1-3-17(4-2)15(18)11-16-14-10-13(14)12-8-6-5-7-9-12/h5-9,13-14,16H,3-4,10-11H2,1-2H3. The Balaban J connectivity index is 1.76. The maximum atomic E-state index is 11.8. The minimum absolute atomic E-state index is 0.207. The van der Waals surface area contributed by atoms with Gasteiger partial charge in [0.25, 0.3) is 0 Å². The predicted octanol–water partition coefficient (Wildman–Crippen LogP) is 2.00. The molecule has 2 rings (SSSR count). The lowest BCUT2D eigenvalue weighted by Crippen LogP contribution is -2.38. The van der Waals surface area contributed by atoms with Crippen LogP contribution in [0.5, 0.6) is 0 Å². The summed E-state index contributed by atoms with van der Waals surface area (Å²) < 4.78 is 0. The van der Waals surface area contributed by atoms with Gasteiger partial charge >= 0.3 is 0 Å². The fourth-order valence-corrected chi connectivity index (χ4v) is 2.40. The maximum Gasteiger partial charge on any atom is 0.236 e. The van der Waals surface area contributed by atoms with Crippen molar-refractivity contribution >= 4 is 5.91 Å². The molecule has 2 unspecified atom stereocenters. The van der Waals surface area contributed by atoms with Gasteiger partial charge in [-0.05, 0) is 25.8 Å². The molecule has 1 fully saturated rings. The van der Waals surface area contributed by atoms with E-state index in [1.54, 1.807) is 0 Å². The Kier molecular flexibility index (Phi) is 4.37. The van der Waals surface area contributed by atoms with Gasteiger partial charge in [-0.3, -0.25) is 4.79 Å². The van der Waals surface area contributed by atoms with E-state index in [9.17, 15) is 4.79 Å². The molecule has 1 aromatic carbocycles. The smallest absolute Gasteiger partial charge is 0.236 e. The SMILES string of the molecule is CCN(CC)C(=O)CNC1CC1c1ccccc1. The molecule has 0 aromatic heterocycles. The van der Waals surface area contributed by atoms with Crippen molar-refractivity contribution in [1.29, 1.82) is 0 Å². The molecule has 1 aliphatic rings. The van der Waals surface area contributed by atoms with Crippen molar-refractivity contribution in [3.63, 3.8) is 0 Å². The Morgan fingerprint density at radius 1 is 1.28 bits per heavy atom. The Bertz CT molecular complexity index is 387. The highest BCUT2D eigenvalue weighted by atomic mass is 16.2. The van der Waals surface area contributed by atoms with Crippen LogP contribution in [0.3, 0.4) is 0 Å². The minimum Gasteiger partial charge on any atom is -0.342 e. The number of carbonyl (C=O) groups excluding carboxylic acids is 1. The summed E-state index contributed by atoms with van der Waals surface area (Å²) in [5.41, 5.74) is 1.38. The summed E-state index contributed by atoms with van der Waals surface area (Å²) in [5.74, 6) is 0.800. The van der Waals surface area contributed by atoms with Crippen LogP contribution in [0, 0.1) is 0 Å². The van der Waals surface area contributed by atoms with Gasteiger partial charge in [-0.1, -0.05) is 30.3 Å². The van der Waals surface area contributed by atoms with Crippen LogP contribution in [-0.2, 0) is 4.79 Å². The Labute approximate surface area is 109 Å². The minimum atomic E-state index is 0.207. The zero-order valence-electron chi connectivity index (χ0n) is 11.2. The molecule has 18 heavy (non-hydrogen) atoms. The number of rotatable bonds is 6. The van der Waals surface area contributed by atoms with Gasteiger partial charge < -0.3 is 10.2 Å². The van der Waals surface area contributed by atoms with Gasteiger partial charge in [0.1, 0.15) is 0 Å². The number of benzene rings is 1. The average molecular weight is 246 g/mol. The van der Waals surface area contributed by atoms with Crippen LogP contribution in [0.2, 0.25) is 0 Å². The van der Waals surface area contributed by atoms with Crippen molar-refractivity contribution in [2.75, 3.05) is 19.6 Å². The van der Waals surface area contributed by atoms with E-state index >= 15 is 0 Å². The molecule has 3 heteroatoms. The van der Waals surface area contributed by atoms with Gasteiger partial charge in [0, 0.05) is 25.0 Å². The van der Waals surface area contributed by atoms with Crippen molar-refractivity contribution in [1.82, 2.24) is 10.2 Å². The van der Waals surface area contributed by atoms with Gasteiger partial charge in [0.2, 0.25) is 5.91 Å². The van der Waals surface area contributed by atoms with E-state index in [0.29, 0.717) is 18.5 Å². The van der Waals surface area contributed by atoms with Crippen molar-refractivity contribution in [3.8, 4) is 0 Å². The van der Waals surface area contributed by atoms with E-state index in [1.807, 2.05) is 24.8 Å². The first-order chi connectivity index (χ1) is 8.76. The second kappa shape index (κ2) is 6.01. The summed E-state index contributed by atoms with van der Waals surface area (Å²) in [6.07, 6.45) is 1.15. The van der Waals surface area contributed by atoms with Crippen molar-refractivity contribution in [2.45, 2.75) is 32.2 Å². The third-order valence-corrected chi connectivity index (χ3v) is 3.65. The van der Waals surface area contributed by atoms with Gasteiger partial charge in [0.05, 0.1) is 6.54 Å². The second-order valence-electron chi connectivity index (χ2n) is 4.81. The second-order valence-corrected chi connectivity index (χ2v) is 4.81. The molecule has 1 aliphatic carbocycles. The molecule has 0 radical (unpaired) electrons. The van der Waals surface area contributed by atoms with Gasteiger partial charge in [-0.25, -0.2) is 0 Å². The number of nitrogens with zero attached hydrogens (tertiary/aromatic N) is 1. The monoisotopic (exact) mass is 246 g/mol. The van der Waals surface area contributed by atoms with Crippen LogP contribution < -0.4 is 5.32 Å². The Hall–Kier alpha value is -1.35. The molecule has 0 spiro atoms. The predicted molar refractivity (Wildman–Crippen MR) is 73.5 cm³/mol. The first-order valence-corrected chi connectivity index (χ1v) is 6.82. The van der Waals surface area contributed by atoms with Crippen LogP contribution in [-0.4, -0.2) is 36.5 Å². The molecular weight excluding hydrogens is 224 g/mol. The molecule has 0 aliphatic heterocycles. The fourth-order valence-electron chi connectivity index (χ4n) is 2.40. The number of hydrogen-bond donors (Lipinski definition) is 1. The van der Waals surface area contributed by atoms with E-state index in [4.69, 9.17) is 0 Å². The molecular formula is C15H22N2O. The summed E-state index contributed by atoms with van der Waals surface area (Å²) in [6.45, 7) is 6.10. The van der Waals surface area contributed by atoms with Crippen LogP contribution in [0.1, 0.15) is 31.7 Å². The van der Waals surface area contributed by atoms with Gasteiger partial charge in [0.15, 0.2) is 0 Å². The van der Waals surface area contributed by atoms with Gasteiger partial charge in [-0.15, -0.1) is 0 Å². The summed E-state index contributed by atoms with van der Waals surface area (Å²) in [5, 5.41) is 3.36. The molecule has 0 bridgehead atoms. The molecule has 1 aromatic rings. The highest BCUT2D eigenvalue weighted by Crippen LogP contribution is 2.40. The van der Waals surface area contributed by atoms with Crippen molar-refractivity contribution in [3.05, 3.63) is 35.9 Å². The van der Waals surface area contributed by atoms with Crippen molar-refractivity contribution in [2.24, 2.45) is 0 Å². The largest absolute Gasteiger partial charge is 0.342 e. The van der Waals surface area contributed by atoms with E-state index in [1.165, 1.54) is 5.56 Å². The van der Waals surface area contributed by atoms with Gasteiger partial charge in [-0.2, -0.15) is 0 Å².